The fourth-order valence-corrected chi connectivity index (χ4v) is 2.35. The van der Waals surface area contributed by atoms with Gasteiger partial charge in [0.15, 0.2) is 0 Å². The molecule has 0 bridgehead atoms. The third-order valence-electron chi connectivity index (χ3n) is 3.04. The number of morpholine rings is 1. The Hall–Kier alpha value is -1.10. The molecule has 1 heterocycles. The van der Waals surface area contributed by atoms with Crippen molar-refractivity contribution in [3.63, 3.8) is 0 Å². The lowest BCUT2D eigenvalue weighted by Crippen LogP contribution is -2.49. The maximum absolute atomic E-state index is 11.9. The van der Waals surface area contributed by atoms with Gasteiger partial charge in [-0.2, -0.15) is 0 Å². The zero-order chi connectivity index (χ0) is 13.0. The van der Waals surface area contributed by atoms with Gasteiger partial charge in [-0.05, 0) is 30.7 Å². The number of hydrogen-bond donors (Lipinski definition) is 1. The number of rotatable bonds is 4. The maximum atomic E-state index is 11.9. The van der Waals surface area contributed by atoms with Crippen LogP contribution in [0, 0.1) is 0 Å². The summed E-state index contributed by atoms with van der Waals surface area (Å²) in [6.07, 6.45) is 0.756. The second kappa shape index (κ2) is 6.18. The molecule has 1 aliphatic heterocycles. The molecule has 1 aromatic carbocycles. The Bertz CT molecular complexity index is 423. The SMILES string of the molecule is NCCC1COCC(=O)N1Cc1cccc(Cl)c1. The number of amides is 1. The normalized spacial score (nSPS) is 20.2. The molecule has 1 unspecified atom stereocenters. The van der Waals surface area contributed by atoms with E-state index >= 15 is 0 Å². The Balaban J connectivity index is 2.10. The van der Waals surface area contributed by atoms with Crippen molar-refractivity contribution >= 4 is 17.5 Å². The number of nitrogens with two attached hydrogens (primary N) is 1. The fraction of sp³-hybridized carbons (Fsp3) is 0.462. The summed E-state index contributed by atoms with van der Waals surface area (Å²) in [4.78, 5) is 13.7. The van der Waals surface area contributed by atoms with Crippen LogP contribution in [0.15, 0.2) is 24.3 Å². The van der Waals surface area contributed by atoms with Gasteiger partial charge in [0.2, 0.25) is 5.91 Å². The van der Waals surface area contributed by atoms with Crippen molar-refractivity contribution in [1.82, 2.24) is 4.90 Å². The molecule has 1 amide bonds. The average Bonchev–Trinajstić information content (AvgIpc) is 2.34. The highest BCUT2D eigenvalue weighted by molar-refractivity contribution is 6.30. The standard InChI is InChI=1S/C13H17ClN2O2/c14-11-3-1-2-10(6-11)7-16-12(4-5-15)8-18-9-13(16)17/h1-3,6,12H,4-5,7-9,15H2. The molecule has 0 aliphatic carbocycles. The molecule has 98 valence electrons. The largest absolute Gasteiger partial charge is 0.369 e. The average molecular weight is 269 g/mol. The van der Waals surface area contributed by atoms with Gasteiger partial charge in [-0.25, -0.2) is 0 Å². The summed E-state index contributed by atoms with van der Waals surface area (Å²) in [6, 6.07) is 7.62. The maximum Gasteiger partial charge on any atom is 0.249 e. The number of nitrogens with zero attached hydrogens (tertiary/aromatic N) is 1. The Morgan fingerprint density at radius 2 is 2.33 bits per heavy atom. The first-order valence-electron chi connectivity index (χ1n) is 6.02. The quantitative estimate of drug-likeness (QED) is 0.898. The number of carbonyl (C=O) groups is 1. The van der Waals surface area contributed by atoms with E-state index < -0.39 is 0 Å². The Morgan fingerprint density at radius 3 is 3.06 bits per heavy atom. The van der Waals surface area contributed by atoms with Crippen molar-refractivity contribution in [1.29, 1.82) is 0 Å². The molecular weight excluding hydrogens is 252 g/mol. The molecule has 5 heteroatoms. The third kappa shape index (κ3) is 3.22. The topological polar surface area (TPSA) is 55.6 Å². The minimum atomic E-state index is 0.0136. The number of benzene rings is 1. The van der Waals surface area contributed by atoms with Crippen LogP contribution in [0.5, 0.6) is 0 Å². The van der Waals surface area contributed by atoms with Crippen molar-refractivity contribution in [2.24, 2.45) is 5.73 Å². The Kier molecular flexibility index (Phi) is 4.58. The van der Waals surface area contributed by atoms with Crippen LogP contribution in [0.3, 0.4) is 0 Å². The van der Waals surface area contributed by atoms with Gasteiger partial charge in [-0.15, -0.1) is 0 Å². The zero-order valence-electron chi connectivity index (χ0n) is 10.1. The molecular formula is C13H17ClN2O2. The number of carbonyl (C=O) groups excluding carboxylic acids is 1. The molecule has 0 radical (unpaired) electrons. The van der Waals surface area contributed by atoms with Crippen LogP contribution >= 0.6 is 11.6 Å². The smallest absolute Gasteiger partial charge is 0.249 e. The summed E-state index contributed by atoms with van der Waals surface area (Å²) >= 11 is 5.95. The van der Waals surface area contributed by atoms with E-state index in [9.17, 15) is 4.79 Å². The van der Waals surface area contributed by atoms with Crippen LogP contribution in [0.25, 0.3) is 0 Å². The zero-order valence-corrected chi connectivity index (χ0v) is 10.9. The predicted octanol–water partition coefficient (Wildman–Crippen LogP) is 1.42. The van der Waals surface area contributed by atoms with E-state index in [1.165, 1.54) is 0 Å². The molecule has 0 spiro atoms. The van der Waals surface area contributed by atoms with Crippen molar-refractivity contribution in [3.8, 4) is 0 Å². The molecule has 1 atom stereocenters. The van der Waals surface area contributed by atoms with Crippen molar-refractivity contribution in [3.05, 3.63) is 34.9 Å². The monoisotopic (exact) mass is 268 g/mol. The van der Waals surface area contributed by atoms with Crippen LogP contribution in [-0.4, -0.2) is 36.6 Å². The Labute approximate surface area is 112 Å². The summed E-state index contributed by atoms with van der Waals surface area (Å²) in [5, 5.41) is 0.684. The van der Waals surface area contributed by atoms with Gasteiger partial charge in [0, 0.05) is 11.6 Å². The van der Waals surface area contributed by atoms with Crippen molar-refractivity contribution < 1.29 is 9.53 Å². The van der Waals surface area contributed by atoms with E-state index in [-0.39, 0.29) is 18.6 Å². The molecule has 0 saturated carbocycles. The van der Waals surface area contributed by atoms with Crippen LogP contribution in [-0.2, 0) is 16.1 Å². The van der Waals surface area contributed by atoms with E-state index in [1.54, 1.807) is 0 Å². The molecule has 0 aromatic heterocycles. The molecule has 18 heavy (non-hydrogen) atoms. The number of halogens is 1. The highest BCUT2D eigenvalue weighted by atomic mass is 35.5. The van der Waals surface area contributed by atoms with Crippen LogP contribution in [0.1, 0.15) is 12.0 Å². The fourth-order valence-electron chi connectivity index (χ4n) is 2.14. The molecule has 4 nitrogen and oxygen atoms in total. The summed E-state index contributed by atoms with van der Waals surface area (Å²) in [5.41, 5.74) is 6.60. The second-order valence-corrected chi connectivity index (χ2v) is 4.83. The van der Waals surface area contributed by atoms with E-state index in [0.717, 1.165) is 12.0 Å². The number of hydrogen-bond acceptors (Lipinski definition) is 3. The van der Waals surface area contributed by atoms with Gasteiger partial charge < -0.3 is 15.4 Å². The van der Waals surface area contributed by atoms with Gasteiger partial charge >= 0.3 is 0 Å². The van der Waals surface area contributed by atoms with E-state index in [1.807, 2.05) is 29.2 Å². The number of ether oxygens (including phenoxy) is 1. The summed E-state index contributed by atoms with van der Waals surface area (Å²) < 4.78 is 5.27. The van der Waals surface area contributed by atoms with Crippen molar-refractivity contribution in [2.45, 2.75) is 19.0 Å². The van der Waals surface area contributed by atoms with Crippen LogP contribution in [0.2, 0.25) is 5.02 Å². The van der Waals surface area contributed by atoms with Crippen molar-refractivity contribution in [2.75, 3.05) is 19.8 Å². The minimum absolute atomic E-state index is 0.0136. The first-order valence-corrected chi connectivity index (χ1v) is 6.40. The first kappa shape index (κ1) is 13.3. The van der Waals surface area contributed by atoms with Gasteiger partial charge in [0.25, 0.3) is 0 Å². The van der Waals surface area contributed by atoms with E-state index in [4.69, 9.17) is 22.1 Å². The first-order chi connectivity index (χ1) is 8.70. The predicted molar refractivity (Wildman–Crippen MR) is 70.3 cm³/mol. The Morgan fingerprint density at radius 1 is 1.50 bits per heavy atom. The van der Waals surface area contributed by atoms with Crippen LogP contribution < -0.4 is 5.73 Å². The lowest BCUT2D eigenvalue weighted by Gasteiger charge is -2.35. The summed E-state index contributed by atoms with van der Waals surface area (Å²) in [5.74, 6) is 0.0136. The molecule has 1 fully saturated rings. The van der Waals surface area contributed by atoms with E-state index in [0.29, 0.717) is 24.7 Å². The van der Waals surface area contributed by atoms with E-state index in [2.05, 4.69) is 0 Å². The lowest BCUT2D eigenvalue weighted by atomic mass is 10.1. The summed E-state index contributed by atoms with van der Waals surface area (Å²) in [7, 11) is 0. The highest BCUT2D eigenvalue weighted by Gasteiger charge is 2.28. The van der Waals surface area contributed by atoms with Gasteiger partial charge in [-0.3, -0.25) is 4.79 Å². The summed E-state index contributed by atoms with van der Waals surface area (Å²) in [6.45, 7) is 1.83. The lowest BCUT2D eigenvalue weighted by molar-refractivity contribution is -0.149. The molecule has 1 aromatic rings. The molecule has 2 N–H and O–H groups in total. The third-order valence-corrected chi connectivity index (χ3v) is 3.27. The molecule has 2 rings (SSSR count). The van der Waals surface area contributed by atoms with Gasteiger partial charge in [0.05, 0.1) is 12.6 Å². The highest BCUT2D eigenvalue weighted by Crippen LogP contribution is 2.17. The molecule has 1 aliphatic rings. The second-order valence-electron chi connectivity index (χ2n) is 4.40. The van der Waals surface area contributed by atoms with Gasteiger partial charge in [-0.1, -0.05) is 23.7 Å². The molecule has 1 saturated heterocycles. The van der Waals surface area contributed by atoms with Gasteiger partial charge in [0.1, 0.15) is 6.61 Å². The minimum Gasteiger partial charge on any atom is -0.369 e. The van der Waals surface area contributed by atoms with Crippen LogP contribution in [0.4, 0.5) is 0 Å².